The van der Waals surface area contributed by atoms with Crippen molar-refractivity contribution in [1.82, 2.24) is 10.2 Å². The van der Waals surface area contributed by atoms with E-state index in [-0.39, 0.29) is 11.9 Å². The number of hydrogen-bond donors (Lipinski definition) is 2. The van der Waals surface area contributed by atoms with E-state index in [1.54, 1.807) is 6.07 Å². The lowest BCUT2D eigenvalue weighted by molar-refractivity contribution is 0.0906. The van der Waals surface area contributed by atoms with Gasteiger partial charge in [-0.05, 0) is 50.6 Å². The summed E-state index contributed by atoms with van der Waals surface area (Å²) < 4.78 is 0. The monoisotopic (exact) mass is 261 g/mol. The molecule has 4 nitrogen and oxygen atoms in total. The number of aryl methyl sites for hydroxylation is 1. The van der Waals surface area contributed by atoms with Gasteiger partial charge in [0.25, 0.3) is 5.91 Å². The number of amides is 1. The molecule has 1 heterocycles. The molecule has 104 valence electrons. The predicted octanol–water partition coefficient (Wildman–Crippen LogP) is 1.79. The lowest BCUT2D eigenvalue weighted by Gasteiger charge is -2.32. The summed E-state index contributed by atoms with van der Waals surface area (Å²) in [6.07, 6.45) is 2.21. The normalized spacial score (nSPS) is 20.2. The van der Waals surface area contributed by atoms with Crippen LogP contribution in [0.3, 0.4) is 0 Å². The molecule has 1 aliphatic rings. The van der Waals surface area contributed by atoms with Gasteiger partial charge in [-0.3, -0.25) is 4.79 Å². The number of carbonyl (C=O) groups excluding carboxylic acids is 1. The lowest BCUT2D eigenvalue weighted by Crippen LogP contribution is -2.47. The van der Waals surface area contributed by atoms with Crippen molar-refractivity contribution in [2.75, 3.05) is 25.4 Å². The first kappa shape index (κ1) is 13.9. The number of piperidine rings is 1. The number of nitrogens with zero attached hydrogens (tertiary/aromatic N) is 1. The Morgan fingerprint density at radius 2 is 2.32 bits per heavy atom. The van der Waals surface area contributed by atoms with Crippen molar-refractivity contribution < 1.29 is 4.79 Å². The Balaban J connectivity index is 1.98. The molecule has 1 amide bonds. The van der Waals surface area contributed by atoms with Gasteiger partial charge in [-0.25, -0.2) is 0 Å². The molecule has 1 fully saturated rings. The first-order valence-electron chi connectivity index (χ1n) is 6.99. The van der Waals surface area contributed by atoms with E-state index in [4.69, 9.17) is 5.73 Å². The maximum Gasteiger partial charge on any atom is 0.251 e. The molecule has 1 aromatic carbocycles. The van der Waals surface area contributed by atoms with Gasteiger partial charge in [0.2, 0.25) is 0 Å². The second-order valence-corrected chi connectivity index (χ2v) is 5.28. The van der Waals surface area contributed by atoms with Crippen molar-refractivity contribution >= 4 is 11.6 Å². The third-order valence-electron chi connectivity index (χ3n) is 3.83. The van der Waals surface area contributed by atoms with Crippen LogP contribution in [0.15, 0.2) is 18.2 Å². The molecule has 1 atom stereocenters. The Kier molecular flexibility index (Phi) is 4.43. The fourth-order valence-electron chi connectivity index (χ4n) is 2.51. The molecule has 0 aromatic heterocycles. The zero-order valence-electron chi connectivity index (χ0n) is 11.8. The molecule has 4 heteroatoms. The van der Waals surface area contributed by atoms with Gasteiger partial charge in [0.05, 0.1) is 0 Å². The number of likely N-dealkylation sites (tertiary alicyclic amines) is 1. The van der Waals surface area contributed by atoms with E-state index < -0.39 is 0 Å². The van der Waals surface area contributed by atoms with Crippen LogP contribution in [0.5, 0.6) is 0 Å². The molecule has 19 heavy (non-hydrogen) atoms. The molecule has 0 radical (unpaired) electrons. The van der Waals surface area contributed by atoms with E-state index >= 15 is 0 Å². The number of nitrogen functional groups attached to an aromatic ring is 1. The zero-order valence-corrected chi connectivity index (χ0v) is 11.8. The van der Waals surface area contributed by atoms with Gasteiger partial charge in [-0.15, -0.1) is 0 Å². The molecule has 1 aliphatic heterocycles. The maximum absolute atomic E-state index is 12.2. The topological polar surface area (TPSA) is 58.4 Å². The fraction of sp³-hybridized carbons (Fsp3) is 0.533. The molecule has 1 saturated heterocycles. The van der Waals surface area contributed by atoms with Crippen molar-refractivity contribution in [1.29, 1.82) is 0 Å². The van der Waals surface area contributed by atoms with Crippen LogP contribution in [0.25, 0.3) is 0 Å². The molecule has 2 rings (SSSR count). The Labute approximate surface area is 115 Å². The first-order chi connectivity index (χ1) is 9.10. The van der Waals surface area contributed by atoms with E-state index in [2.05, 4.69) is 17.1 Å². The summed E-state index contributed by atoms with van der Waals surface area (Å²) >= 11 is 0. The van der Waals surface area contributed by atoms with Gasteiger partial charge >= 0.3 is 0 Å². The van der Waals surface area contributed by atoms with Gasteiger partial charge in [-0.1, -0.05) is 13.0 Å². The van der Waals surface area contributed by atoms with Gasteiger partial charge in [-0.2, -0.15) is 0 Å². The highest BCUT2D eigenvalue weighted by molar-refractivity contribution is 5.95. The number of anilines is 1. The second kappa shape index (κ2) is 6.06. The van der Waals surface area contributed by atoms with Crippen LogP contribution in [-0.4, -0.2) is 36.5 Å². The van der Waals surface area contributed by atoms with E-state index in [1.165, 1.54) is 0 Å². The number of rotatable bonds is 3. The van der Waals surface area contributed by atoms with E-state index in [1.807, 2.05) is 19.1 Å². The third-order valence-corrected chi connectivity index (χ3v) is 3.83. The van der Waals surface area contributed by atoms with Crippen LogP contribution in [0, 0.1) is 6.92 Å². The SMILES string of the molecule is CCN1CCCC(NC(=O)c2ccc(C)c(N)c2)C1. The van der Waals surface area contributed by atoms with Crippen LogP contribution in [0.1, 0.15) is 35.7 Å². The largest absolute Gasteiger partial charge is 0.398 e. The summed E-state index contributed by atoms with van der Waals surface area (Å²) in [7, 11) is 0. The highest BCUT2D eigenvalue weighted by atomic mass is 16.1. The minimum absolute atomic E-state index is 0.0188. The highest BCUT2D eigenvalue weighted by Crippen LogP contribution is 2.14. The van der Waals surface area contributed by atoms with E-state index in [0.717, 1.165) is 38.0 Å². The Morgan fingerprint density at radius 1 is 1.53 bits per heavy atom. The van der Waals surface area contributed by atoms with Gasteiger partial charge < -0.3 is 16.0 Å². The molecular formula is C15H23N3O. The van der Waals surface area contributed by atoms with Crippen LogP contribution in [0.2, 0.25) is 0 Å². The molecule has 0 aliphatic carbocycles. The average Bonchev–Trinajstić information content (AvgIpc) is 2.42. The first-order valence-corrected chi connectivity index (χ1v) is 6.99. The second-order valence-electron chi connectivity index (χ2n) is 5.28. The summed E-state index contributed by atoms with van der Waals surface area (Å²) in [5, 5.41) is 3.11. The van der Waals surface area contributed by atoms with Crippen molar-refractivity contribution in [3.05, 3.63) is 29.3 Å². The zero-order chi connectivity index (χ0) is 13.8. The van der Waals surface area contributed by atoms with Crippen LogP contribution < -0.4 is 11.1 Å². The molecule has 1 aromatic rings. The summed E-state index contributed by atoms with van der Waals surface area (Å²) in [4.78, 5) is 14.6. The Hall–Kier alpha value is -1.55. The highest BCUT2D eigenvalue weighted by Gasteiger charge is 2.20. The predicted molar refractivity (Wildman–Crippen MR) is 78.2 cm³/mol. The molecule has 0 spiro atoms. The smallest absolute Gasteiger partial charge is 0.251 e. The van der Waals surface area contributed by atoms with Crippen molar-refractivity contribution in [2.24, 2.45) is 0 Å². The number of likely N-dealkylation sites (N-methyl/N-ethyl adjacent to an activating group) is 1. The van der Waals surface area contributed by atoms with Gasteiger partial charge in [0.15, 0.2) is 0 Å². The van der Waals surface area contributed by atoms with Crippen molar-refractivity contribution in [3.8, 4) is 0 Å². The summed E-state index contributed by atoms with van der Waals surface area (Å²) in [5.41, 5.74) is 8.18. The average molecular weight is 261 g/mol. The summed E-state index contributed by atoms with van der Waals surface area (Å²) in [6, 6.07) is 5.74. The summed E-state index contributed by atoms with van der Waals surface area (Å²) in [5.74, 6) is -0.0188. The molecule has 1 unspecified atom stereocenters. The molecular weight excluding hydrogens is 238 g/mol. The van der Waals surface area contributed by atoms with Crippen LogP contribution >= 0.6 is 0 Å². The maximum atomic E-state index is 12.2. The van der Waals surface area contributed by atoms with Crippen LogP contribution in [0.4, 0.5) is 5.69 Å². The Bertz CT molecular complexity index is 459. The minimum atomic E-state index is -0.0188. The van der Waals surface area contributed by atoms with Crippen molar-refractivity contribution in [3.63, 3.8) is 0 Å². The molecule has 0 saturated carbocycles. The van der Waals surface area contributed by atoms with Gasteiger partial charge in [0.1, 0.15) is 0 Å². The number of nitrogens with two attached hydrogens (primary N) is 1. The fourth-order valence-corrected chi connectivity index (χ4v) is 2.51. The number of benzene rings is 1. The standard InChI is InChI=1S/C15H23N3O/c1-3-18-8-4-5-13(10-18)17-15(19)12-7-6-11(2)14(16)9-12/h6-7,9,13H,3-5,8,10,16H2,1-2H3,(H,17,19). The summed E-state index contributed by atoms with van der Waals surface area (Å²) in [6.45, 7) is 7.23. The molecule has 0 bridgehead atoms. The van der Waals surface area contributed by atoms with Crippen LogP contribution in [-0.2, 0) is 0 Å². The van der Waals surface area contributed by atoms with E-state index in [9.17, 15) is 4.79 Å². The lowest BCUT2D eigenvalue weighted by atomic mass is 10.0. The van der Waals surface area contributed by atoms with Crippen molar-refractivity contribution in [2.45, 2.75) is 32.7 Å². The number of hydrogen-bond acceptors (Lipinski definition) is 3. The Morgan fingerprint density at radius 3 is 3.00 bits per heavy atom. The van der Waals surface area contributed by atoms with Gasteiger partial charge in [0, 0.05) is 23.8 Å². The number of carbonyl (C=O) groups is 1. The third kappa shape index (κ3) is 3.47. The van der Waals surface area contributed by atoms with E-state index in [0.29, 0.717) is 11.3 Å². The number of nitrogens with one attached hydrogen (secondary N) is 1. The minimum Gasteiger partial charge on any atom is -0.398 e. The molecule has 3 N–H and O–H groups in total. The quantitative estimate of drug-likeness (QED) is 0.816.